The molecule has 0 aromatic carbocycles. The summed E-state index contributed by atoms with van der Waals surface area (Å²) in [4.78, 5) is 15.1. The molecule has 12 heavy (non-hydrogen) atoms. The number of rotatable bonds is 3. The number of hydrogen-bond acceptors (Lipinski definition) is 2. The summed E-state index contributed by atoms with van der Waals surface area (Å²) in [5.74, 6) is 0.919. The van der Waals surface area contributed by atoms with Crippen molar-refractivity contribution in [2.45, 2.75) is 33.1 Å². The molecule has 0 radical (unpaired) electrons. The Morgan fingerprint density at radius 2 is 2.42 bits per heavy atom. The standard InChI is InChI=1S/C9H14N2O/c1-3-4-5-9-10-6-7-11(9)8(2)12/h6-7H,3-5H2,1-2H3. The van der Waals surface area contributed by atoms with Gasteiger partial charge in [0.1, 0.15) is 5.82 Å². The smallest absolute Gasteiger partial charge is 0.228 e. The van der Waals surface area contributed by atoms with Crippen LogP contribution in [-0.2, 0) is 6.42 Å². The van der Waals surface area contributed by atoms with Crippen molar-refractivity contribution in [3.05, 3.63) is 18.2 Å². The predicted octanol–water partition coefficient (Wildman–Crippen LogP) is 1.89. The average molecular weight is 166 g/mol. The van der Waals surface area contributed by atoms with Gasteiger partial charge >= 0.3 is 0 Å². The summed E-state index contributed by atoms with van der Waals surface area (Å²) in [7, 11) is 0. The lowest BCUT2D eigenvalue weighted by Crippen LogP contribution is -2.08. The van der Waals surface area contributed by atoms with Gasteiger partial charge in [-0.1, -0.05) is 13.3 Å². The van der Waals surface area contributed by atoms with Crippen LogP contribution in [0.2, 0.25) is 0 Å². The zero-order chi connectivity index (χ0) is 8.97. The molecule has 1 aromatic heterocycles. The molecule has 0 saturated heterocycles. The number of hydrogen-bond donors (Lipinski definition) is 0. The molecule has 0 spiro atoms. The predicted molar refractivity (Wildman–Crippen MR) is 47.1 cm³/mol. The SMILES string of the molecule is CCCCc1nccn1C(C)=O. The van der Waals surface area contributed by atoms with Crippen molar-refractivity contribution in [2.75, 3.05) is 0 Å². The van der Waals surface area contributed by atoms with Crippen molar-refractivity contribution in [1.82, 2.24) is 9.55 Å². The van der Waals surface area contributed by atoms with Crippen LogP contribution in [0, 0.1) is 0 Å². The molecule has 0 aliphatic heterocycles. The minimum absolute atomic E-state index is 0.0404. The minimum Gasteiger partial charge on any atom is -0.274 e. The number of aromatic nitrogens is 2. The third-order valence-electron chi connectivity index (χ3n) is 1.81. The molecule has 0 saturated carbocycles. The van der Waals surface area contributed by atoms with Crippen LogP contribution in [-0.4, -0.2) is 15.5 Å². The number of unbranched alkanes of at least 4 members (excludes halogenated alkanes) is 1. The van der Waals surface area contributed by atoms with Gasteiger partial charge in [-0.25, -0.2) is 4.98 Å². The first-order chi connectivity index (χ1) is 5.75. The number of aryl methyl sites for hydroxylation is 1. The highest BCUT2D eigenvalue weighted by Crippen LogP contribution is 2.02. The van der Waals surface area contributed by atoms with Crippen molar-refractivity contribution in [3.63, 3.8) is 0 Å². The van der Waals surface area contributed by atoms with E-state index in [1.165, 1.54) is 0 Å². The van der Waals surface area contributed by atoms with Gasteiger partial charge in [0.2, 0.25) is 5.91 Å². The van der Waals surface area contributed by atoms with E-state index in [2.05, 4.69) is 11.9 Å². The topological polar surface area (TPSA) is 34.9 Å². The molecule has 0 bridgehead atoms. The lowest BCUT2D eigenvalue weighted by Gasteiger charge is -2.01. The largest absolute Gasteiger partial charge is 0.274 e. The third-order valence-corrected chi connectivity index (χ3v) is 1.81. The molecular formula is C9H14N2O. The molecule has 0 N–H and O–H groups in total. The normalized spacial score (nSPS) is 10.2. The zero-order valence-corrected chi connectivity index (χ0v) is 7.58. The van der Waals surface area contributed by atoms with Gasteiger partial charge in [-0.2, -0.15) is 0 Å². The van der Waals surface area contributed by atoms with Gasteiger partial charge in [0, 0.05) is 25.7 Å². The van der Waals surface area contributed by atoms with Crippen LogP contribution in [0.15, 0.2) is 12.4 Å². The van der Waals surface area contributed by atoms with Crippen molar-refractivity contribution in [2.24, 2.45) is 0 Å². The molecule has 0 aliphatic carbocycles. The maximum Gasteiger partial charge on any atom is 0.228 e. The lowest BCUT2D eigenvalue weighted by atomic mass is 10.2. The molecule has 0 aliphatic rings. The Kier molecular flexibility index (Phi) is 3.02. The molecule has 1 rings (SSSR count). The van der Waals surface area contributed by atoms with E-state index in [1.54, 1.807) is 23.9 Å². The molecule has 1 aromatic rings. The van der Waals surface area contributed by atoms with Gasteiger partial charge in [0.05, 0.1) is 0 Å². The van der Waals surface area contributed by atoms with Gasteiger partial charge < -0.3 is 0 Å². The molecular weight excluding hydrogens is 152 g/mol. The molecule has 3 nitrogen and oxygen atoms in total. The quantitative estimate of drug-likeness (QED) is 0.687. The van der Waals surface area contributed by atoms with Crippen LogP contribution in [0.3, 0.4) is 0 Å². The first-order valence-electron chi connectivity index (χ1n) is 4.29. The van der Waals surface area contributed by atoms with Crippen LogP contribution < -0.4 is 0 Å². The minimum atomic E-state index is 0.0404. The van der Waals surface area contributed by atoms with E-state index in [0.717, 1.165) is 25.1 Å². The Morgan fingerprint density at radius 3 is 3.00 bits per heavy atom. The van der Waals surface area contributed by atoms with E-state index in [1.807, 2.05) is 0 Å². The molecule has 0 atom stereocenters. The van der Waals surface area contributed by atoms with Crippen molar-refractivity contribution >= 4 is 5.91 Å². The first kappa shape index (κ1) is 8.97. The maximum atomic E-state index is 11.0. The Hall–Kier alpha value is -1.12. The summed E-state index contributed by atoms with van der Waals surface area (Å²) in [6.07, 6.45) is 6.50. The van der Waals surface area contributed by atoms with Gasteiger partial charge in [-0.05, 0) is 6.42 Å². The first-order valence-corrected chi connectivity index (χ1v) is 4.29. The molecule has 3 heteroatoms. The fourth-order valence-corrected chi connectivity index (χ4v) is 1.14. The fraction of sp³-hybridized carbons (Fsp3) is 0.556. The fourth-order valence-electron chi connectivity index (χ4n) is 1.14. The van der Waals surface area contributed by atoms with E-state index in [0.29, 0.717) is 0 Å². The number of carbonyl (C=O) groups is 1. The highest BCUT2D eigenvalue weighted by Gasteiger charge is 2.04. The lowest BCUT2D eigenvalue weighted by molar-refractivity contribution is 0.0933. The molecule has 66 valence electrons. The van der Waals surface area contributed by atoms with E-state index in [9.17, 15) is 4.79 Å². The summed E-state index contributed by atoms with van der Waals surface area (Å²) in [5.41, 5.74) is 0. The summed E-state index contributed by atoms with van der Waals surface area (Å²) in [5, 5.41) is 0. The summed E-state index contributed by atoms with van der Waals surface area (Å²) in [6.45, 7) is 3.68. The van der Waals surface area contributed by atoms with Crippen LogP contribution in [0.5, 0.6) is 0 Å². The van der Waals surface area contributed by atoms with Crippen LogP contribution in [0.25, 0.3) is 0 Å². The van der Waals surface area contributed by atoms with E-state index >= 15 is 0 Å². The second-order valence-electron chi connectivity index (χ2n) is 2.84. The van der Waals surface area contributed by atoms with Gasteiger partial charge in [0.25, 0.3) is 0 Å². The van der Waals surface area contributed by atoms with Gasteiger partial charge in [-0.3, -0.25) is 9.36 Å². The van der Waals surface area contributed by atoms with Gasteiger partial charge in [-0.15, -0.1) is 0 Å². The van der Waals surface area contributed by atoms with Crippen molar-refractivity contribution < 1.29 is 4.79 Å². The maximum absolute atomic E-state index is 11.0. The summed E-state index contributed by atoms with van der Waals surface area (Å²) >= 11 is 0. The Bertz CT molecular complexity index is 265. The Labute approximate surface area is 72.4 Å². The third kappa shape index (κ3) is 1.94. The van der Waals surface area contributed by atoms with Crippen molar-refractivity contribution in [3.8, 4) is 0 Å². The molecule has 0 unspecified atom stereocenters. The van der Waals surface area contributed by atoms with Crippen LogP contribution >= 0.6 is 0 Å². The monoisotopic (exact) mass is 166 g/mol. The number of imidazole rings is 1. The number of carbonyl (C=O) groups excluding carboxylic acids is 1. The summed E-state index contributed by atoms with van der Waals surface area (Å²) < 4.78 is 1.61. The van der Waals surface area contributed by atoms with Gasteiger partial charge in [0.15, 0.2) is 0 Å². The van der Waals surface area contributed by atoms with E-state index in [-0.39, 0.29) is 5.91 Å². The van der Waals surface area contributed by atoms with E-state index < -0.39 is 0 Å². The Morgan fingerprint density at radius 1 is 1.67 bits per heavy atom. The summed E-state index contributed by atoms with van der Waals surface area (Å²) in [6, 6.07) is 0. The second kappa shape index (κ2) is 4.04. The van der Waals surface area contributed by atoms with Crippen molar-refractivity contribution in [1.29, 1.82) is 0 Å². The molecule has 1 heterocycles. The average Bonchev–Trinajstić information content (AvgIpc) is 2.48. The zero-order valence-electron chi connectivity index (χ0n) is 7.58. The highest BCUT2D eigenvalue weighted by atomic mass is 16.1. The highest BCUT2D eigenvalue weighted by molar-refractivity contribution is 5.76. The number of nitrogens with zero attached hydrogens (tertiary/aromatic N) is 2. The van der Waals surface area contributed by atoms with Crippen LogP contribution in [0.1, 0.15) is 37.3 Å². The van der Waals surface area contributed by atoms with E-state index in [4.69, 9.17) is 0 Å². The second-order valence-corrected chi connectivity index (χ2v) is 2.84. The molecule has 0 fully saturated rings. The molecule has 0 amide bonds. The Balaban J connectivity index is 2.70. The van der Waals surface area contributed by atoms with Crippen LogP contribution in [0.4, 0.5) is 0 Å².